The van der Waals surface area contributed by atoms with E-state index in [-0.39, 0.29) is 6.01 Å². The Morgan fingerprint density at radius 2 is 2.10 bits per heavy atom. The maximum absolute atomic E-state index is 13.3. The van der Waals surface area contributed by atoms with Crippen LogP contribution in [0.25, 0.3) is 22.3 Å². The minimum absolute atomic E-state index is 0.189. The molecule has 1 fully saturated rings. The molecule has 0 unspecified atom stereocenters. The minimum atomic E-state index is -0.766. The highest BCUT2D eigenvalue weighted by molar-refractivity contribution is 5.95. The highest BCUT2D eigenvalue weighted by Crippen LogP contribution is 2.35. The smallest absolute Gasteiger partial charge is 0.319 e. The highest BCUT2D eigenvalue weighted by atomic mass is 19.1. The molecule has 9 heteroatoms. The SMILES string of the molecule is COc1ccc(-c2nc(OCCN3CC[C@H](F)C3)nc3[nH]cc(C#N)c23)cc1OC. The lowest BCUT2D eigenvalue weighted by Crippen LogP contribution is -2.26. The predicted molar refractivity (Wildman–Crippen MR) is 109 cm³/mol. The zero-order chi connectivity index (χ0) is 21.1. The van der Waals surface area contributed by atoms with Gasteiger partial charge in [0.15, 0.2) is 11.5 Å². The Labute approximate surface area is 173 Å². The molecule has 0 amide bonds. The number of rotatable bonds is 7. The summed E-state index contributed by atoms with van der Waals surface area (Å²) in [5.41, 5.74) is 2.23. The summed E-state index contributed by atoms with van der Waals surface area (Å²) in [5, 5.41) is 10.1. The van der Waals surface area contributed by atoms with Crippen molar-refractivity contribution in [3.05, 3.63) is 30.0 Å². The van der Waals surface area contributed by atoms with Crippen LogP contribution in [0.1, 0.15) is 12.0 Å². The molecule has 8 nitrogen and oxygen atoms in total. The molecule has 30 heavy (non-hydrogen) atoms. The van der Waals surface area contributed by atoms with Crippen LogP contribution in [0.15, 0.2) is 24.4 Å². The van der Waals surface area contributed by atoms with Gasteiger partial charge < -0.3 is 19.2 Å². The molecule has 2 aromatic heterocycles. The number of fused-ring (bicyclic) bond motifs is 1. The lowest BCUT2D eigenvalue weighted by Gasteiger charge is -2.15. The van der Waals surface area contributed by atoms with Gasteiger partial charge in [-0.15, -0.1) is 0 Å². The van der Waals surface area contributed by atoms with Gasteiger partial charge in [0.05, 0.1) is 30.9 Å². The molecule has 3 aromatic rings. The number of hydrogen-bond acceptors (Lipinski definition) is 7. The molecule has 0 aliphatic carbocycles. The Kier molecular flexibility index (Phi) is 5.68. The number of ether oxygens (including phenoxy) is 3. The van der Waals surface area contributed by atoms with Gasteiger partial charge in [0.1, 0.15) is 24.5 Å². The molecule has 0 bridgehead atoms. The number of aromatic nitrogens is 3. The van der Waals surface area contributed by atoms with Crippen LogP contribution in [-0.4, -0.2) is 66.5 Å². The third kappa shape index (κ3) is 3.86. The lowest BCUT2D eigenvalue weighted by atomic mass is 10.1. The van der Waals surface area contributed by atoms with Crippen molar-refractivity contribution in [3.63, 3.8) is 0 Å². The lowest BCUT2D eigenvalue weighted by molar-refractivity contribution is 0.215. The van der Waals surface area contributed by atoms with E-state index >= 15 is 0 Å². The average Bonchev–Trinajstić information content (AvgIpc) is 3.38. The van der Waals surface area contributed by atoms with E-state index in [4.69, 9.17) is 14.2 Å². The number of halogens is 1. The molecule has 4 rings (SSSR count). The largest absolute Gasteiger partial charge is 0.493 e. The first-order valence-electron chi connectivity index (χ1n) is 9.63. The minimum Gasteiger partial charge on any atom is -0.493 e. The summed E-state index contributed by atoms with van der Waals surface area (Å²) in [5.74, 6) is 1.14. The fourth-order valence-corrected chi connectivity index (χ4v) is 3.61. The van der Waals surface area contributed by atoms with E-state index in [1.54, 1.807) is 32.5 Å². The normalized spacial score (nSPS) is 16.5. The molecule has 1 saturated heterocycles. The van der Waals surface area contributed by atoms with Crippen LogP contribution < -0.4 is 14.2 Å². The van der Waals surface area contributed by atoms with Gasteiger partial charge in [-0.3, -0.25) is 4.90 Å². The van der Waals surface area contributed by atoms with Crippen molar-refractivity contribution in [1.82, 2.24) is 19.9 Å². The summed E-state index contributed by atoms with van der Waals surface area (Å²) < 4.78 is 29.8. The maximum atomic E-state index is 13.3. The molecule has 0 saturated carbocycles. The molecule has 1 aliphatic heterocycles. The van der Waals surface area contributed by atoms with Crippen molar-refractivity contribution < 1.29 is 18.6 Å². The Morgan fingerprint density at radius 3 is 2.80 bits per heavy atom. The third-order valence-electron chi connectivity index (χ3n) is 5.14. The number of alkyl halides is 1. The van der Waals surface area contributed by atoms with E-state index in [2.05, 4.69) is 21.0 Å². The van der Waals surface area contributed by atoms with E-state index in [0.29, 0.717) is 59.9 Å². The zero-order valence-electron chi connectivity index (χ0n) is 16.8. The monoisotopic (exact) mass is 411 g/mol. The van der Waals surface area contributed by atoms with Crippen molar-refractivity contribution in [1.29, 1.82) is 5.26 Å². The van der Waals surface area contributed by atoms with Crippen LogP contribution >= 0.6 is 0 Å². The van der Waals surface area contributed by atoms with Gasteiger partial charge in [-0.2, -0.15) is 15.2 Å². The summed E-state index contributed by atoms with van der Waals surface area (Å²) >= 11 is 0. The zero-order valence-corrected chi connectivity index (χ0v) is 16.8. The number of nitrogens with one attached hydrogen (secondary N) is 1. The first kappa shape index (κ1) is 19.9. The van der Waals surface area contributed by atoms with Gasteiger partial charge in [0, 0.05) is 31.4 Å². The molecule has 1 aliphatic rings. The molecule has 156 valence electrons. The average molecular weight is 411 g/mol. The topological polar surface area (TPSA) is 96.3 Å². The van der Waals surface area contributed by atoms with E-state index in [9.17, 15) is 9.65 Å². The number of nitrogens with zero attached hydrogens (tertiary/aromatic N) is 4. The van der Waals surface area contributed by atoms with Gasteiger partial charge in [0.2, 0.25) is 0 Å². The van der Waals surface area contributed by atoms with Crippen molar-refractivity contribution in [2.45, 2.75) is 12.6 Å². The second kappa shape index (κ2) is 8.55. The van der Waals surface area contributed by atoms with Crippen molar-refractivity contribution in [2.24, 2.45) is 0 Å². The molecule has 3 heterocycles. The summed E-state index contributed by atoms with van der Waals surface area (Å²) in [7, 11) is 3.13. The Balaban J connectivity index is 1.67. The fourth-order valence-electron chi connectivity index (χ4n) is 3.61. The second-order valence-corrected chi connectivity index (χ2v) is 7.00. The molecular weight excluding hydrogens is 389 g/mol. The highest BCUT2D eigenvalue weighted by Gasteiger charge is 2.22. The van der Waals surface area contributed by atoms with E-state index in [1.165, 1.54) is 0 Å². The standard InChI is InChI=1S/C21H22FN5O3/c1-28-16-4-3-13(9-17(16)29-2)19-18-14(10-23)11-24-20(18)26-21(25-19)30-8-7-27-6-5-15(22)12-27/h3-4,9,11,15H,5-8,12H2,1-2H3,(H,24,25,26)/t15-/m0/s1. The third-order valence-corrected chi connectivity index (χ3v) is 5.14. The number of benzene rings is 1. The maximum Gasteiger partial charge on any atom is 0.319 e. The van der Waals surface area contributed by atoms with Gasteiger partial charge in [0.25, 0.3) is 0 Å². The van der Waals surface area contributed by atoms with Crippen molar-refractivity contribution >= 4 is 11.0 Å². The van der Waals surface area contributed by atoms with Crippen molar-refractivity contribution in [2.75, 3.05) is 40.5 Å². The number of methoxy groups -OCH3 is 2. The Bertz CT molecular complexity index is 1090. The van der Waals surface area contributed by atoms with Crippen LogP contribution in [0.3, 0.4) is 0 Å². The molecule has 1 N–H and O–H groups in total. The fraction of sp³-hybridized carbons (Fsp3) is 0.381. The molecule has 1 aromatic carbocycles. The molecule has 1 atom stereocenters. The Hall–Kier alpha value is -3.38. The number of likely N-dealkylation sites (tertiary alicyclic amines) is 1. The number of aromatic amines is 1. The first-order chi connectivity index (χ1) is 14.6. The molecular formula is C21H22FN5O3. The molecule has 0 spiro atoms. The van der Waals surface area contributed by atoms with Crippen LogP contribution in [0.2, 0.25) is 0 Å². The molecule has 0 radical (unpaired) electrons. The van der Waals surface area contributed by atoms with E-state index in [1.807, 2.05) is 11.0 Å². The predicted octanol–water partition coefficient (Wildman–Crippen LogP) is 2.94. The quantitative estimate of drug-likeness (QED) is 0.638. The van der Waals surface area contributed by atoms with Gasteiger partial charge in [-0.25, -0.2) is 4.39 Å². The van der Waals surface area contributed by atoms with Crippen LogP contribution in [0.5, 0.6) is 17.5 Å². The van der Waals surface area contributed by atoms with E-state index < -0.39 is 6.17 Å². The van der Waals surface area contributed by atoms with Gasteiger partial charge >= 0.3 is 6.01 Å². The number of nitriles is 1. The van der Waals surface area contributed by atoms with Gasteiger partial charge in [-0.1, -0.05) is 0 Å². The summed E-state index contributed by atoms with van der Waals surface area (Å²) in [4.78, 5) is 14.0. The second-order valence-electron chi connectivity index (χ2n) is 7.00. The number of hydrogen-bond donors (Lipinski definition) is 1. The van der Waals surface area contributed by atoms with Gasteiger partial charge in [-0.05, 0) is 24.6 Å². The summed E-state index contributed by atoms with van der Waals surface area (Å²) in [6.45, 7) is 2.10. The van der Waals surface area contributed by atoms with Crippen LogP contribution in [-0.2, 0) is 0 Å². The summed E-state index contributed by atoms with van der Waals surface area (Å²) in [6, 6.07) is 7.77. The van der Waals surface area contributed by atoms with Crippen LogP contribution in [0.4, 0.5) is 4.39 Å². The van der Waals surface area contributed by atoms with Crippen molar-refractivity contribution in [3.8, 4) is 34.8 Å². The van der Waals surface area contributed by atoms with E-state index in [0.717, 1.165) is 12.1 Å². The summed E-state index contributed by atoms with van der Waals surface area (Å²) in [6.07, 6.45) is 1.39. The number of H-pyrrole nitrogens is 1. The van der Waals surface area contributed by atoms with Crippen LogP contribution in [0, 0.1) is 11.3 Å². The Morgan fingerprint density at radius 1 is 1.27 bits per heavy atom. The first-order valence-corrected chi connectivity index (χ1v) is 9.63.